The van der Waals surface area contributed by atoms with E-state index in [-0.39, 0.29) is 0 Å². The van der Waals surface area contributed by atoms with Crippen molar-refractivity contribution in [2.24, 2.45) is 9.98 Å². The van der Waals surface area contributed by atoms with Gasteiger partial charge in [0.1, 0.15) is 0 Å². The third-order valence-corrected chi connectivity index (χ3v) is 10.5. The predicted octanol–water partition coefficient (Wildman–Crippen LogP) is 15.4. The van der Waals surface area contributed by atoms with E-state index in [1.54, 1.807) is 14.2 Å². The lowest BCUT2D eigenvalue weighted by atomic mass is 10.1. The van der Waals surface area contributed by atoms with Crippen molar-refractivity contribution >= 4 is 23.8 Å². The van der Waals surface area contributed by atoms with E-state index in [2.05, 4.69) is 23.8 Å². The molecule has 6 heteroatoms. The average Bonchev–Trinajstić information content (AvgIpc) is 3.23. The second kappa shape index (κ2) is 31.3. The first-order valence-electron chi connectivity index (χ1n) is 22.5. The topological polar surface area (TPSA) is 61.6 Å². The summed E-state index contributed by atoms with van der Waals surface area (Å²) in [5.74, 6) is 3.02. The van der Waals surface area contributed by atoms with Crippen LogP contribution in [0.1, 0.15) is 179 Å². The van der Waals surface area contributed by atoms with Crippen LogP contribution in [0.2, 0.25) is 0 Å². The van der Waals surface area contributed by atoms with E-state index in [0.717, 1.165) is 58.3 Å². The van der Waals surface area contributed by atoms with Crippen molar-refractivity contribution in [3.63, 3.8) is 0 Å². The number of hydrogen-bond donors (Lipinski definition) is 0. The number of benzene rings is 3. The van der Waals surface area contributed by atoms with Crippen LogP contribution in [0.5, 0.6) is 23.0 Å². The fourth-order valence-electron chi connectivity index (χ4n) is 6.94. The van der Waals surface area contributed by atoms with Gasteiger partial charge in [0.15, 0.2) is 23.0 Å². The summed E-state index contributed by atoms with van der Waals surface area (Å²) < 4.78 is 23.4. The quantitative estimate of drug-likeness (QED) is 0.0448. The average molecular weight is 769 g/mol. The lowest BCUT2D eigenvalue weighted by molar-refractivity contribution is 0.284. The molecule has 0 bridgehead atoms. The Morgan fingerprint density at radius 3 is 0.982 bits per heavy atom. The van der Waals surface area contributed by atoms with E-state index in [1.807, 2.05) is 73.1 Å². The van der Waals surface area contributed by atoms with Crippen molar-refractivity contribution in [3.8, 4) is 23.0 Å². The van der Waals surface area contributed by atoms with Crippen LogP contribution in [0.4, 0.5) is 11.4 Å². The van der Waals surface area contributed by atoms with Crippen LogP contribution in [0.3, 0.4) is 0 Å². The maximum Gasteiger partial charge on any atom is 0.161 e. The summed E-state index contributed by atoms with van der Waals surface area (Å²) in [6, 6.07) is 19.8. The summed E-state index contributed by atoms with van der Waals surface area (Å²) in [4.78, 5) is 9.35. The number of hydrogen-bond acceptors (Lipinski definition) is 6. The highest BCUT2D eigenvalue weighted by molar-refractivity contribution is 5.84. The van der Waals surface area contributed by atoms with Crippen molar-refractivity contribution in [1.29, 1.82) is 0 Å². The summed E-state index contributed by atoms with van der Waals surface area (Å²) >= 11 is 0. The molecule has 3 aromatic rings. The van der Waals surface area contributed by atoms with Crippen LogP contribution in [-0.2, 0) is 0 Å². The van der Waals surface area contributed by atoms with Gasteiger partial charge in [-0.15, -0.1) is 0 Å². The van der Waals surface area contributed by atoms with Gasteiger partial charge in [-0.25, -0.2) is 0 Å². The van der Waals surface area contributed by atoms with E-state index < -0.39 is 0 Å². The minimum Gasteiger partial charge on any atom is -0.493 e. The van der Waals surface area contributed by atoms with Gasteiger partial charge in [0.2, 0.25) is 0 Å². The maximum absolute atomic E-state index is 6.08. The molecule has 0 fully saturated rings. The zero-order chi connectivity index (χ0) is 39.7. The van der Waals surface area contributed by atoms with Gasteiger partial charge in [-0.2, -0.15) is 0 Å². The molecule has 0 amide bonds. The summed E-state index contributed by atoms with van der Waals surface area (Å²) in [5.41, 5.74) is 3.62. The van der Waals surface area contributed by atoms with Crippen LogP contribution in [-0.4, -0.2) is 39.9 Å². The van der Waals surface area contributed by atoms with Crippen LogP contribution < -0.4 is 18.9 Å². The molecule has 0 radical (unpaired) electrons. The zero-order valence-electron chi connectivity index (χ0n) is 35.8. The Labute approximate surface area is 341 Å². The van der Waals surface area contributed by atoms with E-state index >= 15 is 0 Å². The molecule has 0 heterocycles. The smallest absolute Gasteiger partial charge is 0.161 e. The molecule has 0 saturated carbocycles. The van der Waals surface area contributed by atoms with Crippen molar-refractivity contribution in [2.75, 3.05) is 27.4 Å². The Morgan fingerprint density at radius 2 is 0.679 bits per heavy atom. The number of methoxy groups -OCH3 is 2. The third-order valence-electron chi connectivity index (χ3n) is 10.5. The third kappa shape index (κ3) is 20.9. The van der Waals surface area contributed by atoms with Gasteiger partial charge in [-0.05, 0) is 84.6 Å². The number of aliphatic imine (C=N–C) groups is 2. The van der Waals surface area contributed by atoms with Crippen LogP contribution >= 0.6 is 0 Å². The fourth-order valence-corrected chi connectivity index (χ4v) is 6.94. The maximum atomic E-state index is 6.08. The lowest BCUT2D eigenvalue weighted by Gasteiger charge is -2.11. The summed E-state index contributed by atoms with van der Waals surface area (Å²) in [5, 5.41) is 0. The van der Waals surface area contributed by atoms with Gasteiger partial charge in [-0.3, -0.25) is 9.98 Å². The van der Waals surface area contributed by atoms with Crippen molar-refractivity contribution in [3.05, 3.63) is 71.8 Å². The SMILES string of the molecule is CCCCCCCCCCCCCCOc1ccc(C=Nc2ccc(N=Cc3ccc(OCCCCCCCCCCCCCC)c(OC)c3)cc2)cc1OC. The molecule has 0 aliphatic rings. The highest BCUT2D eigenvalue weighted by Crippen LogP contribution is 2.30. The Morgan fingerprint density at radius 1 is 0.375 bits per heavy atom. The van der Waals surface area contributed by atoms with Gasteiger partial charge in [0.05, 0.1) is 38.8 Å². The normalized spacial score (nSPS) is 11.5. The van der Waals surface area contributed by atoms with E-state index in [0.29, 0.717) is 13.2 Å². The van der Waals surface area contributed by atoms with Crippen LogP contribution in [0.15, 0.2) is 70.6 Å². The van der Waals surface area contributed by atoms with Gasteiger partial charge >= 0.3 is 0 Å². The highest BCUT2D eigenvalue weighted by atomic mass is 16.5. The summed E-state index contributed by atoms with van der Waals surface area (Å²) in [7, 11) is 3.37. The monoisotopic (exact) mass is 769 g/mol. The number of unbranched alkanes of at least 4 members (excludes halogenated alkanes) is 22. The lowest BCUT2D eigenvalue weighted by Crippen LogP contribution is -2.00. The first-order chi connectivity index (χ1) is 27.7. The summed E-state index contributed by atoms with van der Waals surface area (Å²) in [6.07, 6.45) is 35.7. The highest BCUT2D eigenvalue weighted by Gasteiger charge is 2.07. The molecular formula is C50H76N2O4. The van der Waals surface area contributed by atoms with Crippen LogP contribution in [0.25, 0.3) is 0 Å². The number of rotatable bonds is 34. The van der Waals surface area contributed by atoms with E-state index in [9.17, 15) is 0 Å². The molecule has 3 aromatic carbocycles. The molecule has 0 aromatic heterocycles. The van der Waals surface area contributed by atoms with E-state index in [1.165, 1.54) is 141 Å². The number of ether oxygens (including phenoxy) is 4. The standard InChI is InChI=1S/C50H76N2O4/c1-5-7-9-11-13-15-17-19-21-23-25-27-37-55-47-35-29-43(39-49(47)53-3)41-51-45-31-33-46(34-32-45)52-42-44-30-36-48(50(40-44)54-4)56-38-28-26-24-22-20-18-16-14-12-10-8-6-2/h29-36,39-42H,5-28,37-38H2,1-4H3. The second-order valence-electron chi connectivity index (χ2n) is 15.3. The summed E-state index contributed by atoms with van der Waals surface area (Å²) in [6.45, 7) is 5.98. The molecule has 0 aliphatic heterocycles. The van der Waals surface area contributed by atoms with E-state index in [4.69, 9.17) is 18.9 Å². The molecule has 0 aliphatic carbocycles. The largest absolute Gasteiger partial charge is 0.493 e. The molecule has 0 atom stereocenters. The minimum absolute atomic E-state index is 0.711. The molecule has 0 saturated heterocycles. The van der Waals surface area contributed by atoms with Crippen molar-refractivity contribution < 1.29 is 18.9 Å². The second-order valence-corrected chi connectivity index (χ2v) is 15.3. The van der Waals surface area contributed by atoms with Crippen LogP contribution in [0, 0.1) is 0 Å². The predicted molar refractivity (Wildman–Crippen MR) is 240 cm³/mol. The van der Waals surface area contributed by atoms with Crippen molar-refractivity contribution in [1.82, 2.24) is 0 Å². The molecule has 0 unspecified atom stereocenters. The minimum atomic E-state index is 0.711. The molecule has 0 spiro atoms. The van der Waals surface area contributed by atoms with Gasteiger partial charge in [-0.1, -0.05) is 155 Å². The fraction of sp³-hybridized carbons (Fsp3) is 0.600. The Hall–Kier alpha value is -3.80. The first-order valence-corrected chi connectivity index (χ1v) is 22.5. The molecule has 56 heavy (non-hydrogen) atoms. The molecule has 6 nitrogen and oxygen atoms in total. The molecule has 3 rings (SSSR count). The first kappa shape index (κ1) is 46.6. The van der Waals surface area contributed by atoms with Gasteiger partial charge in [0, 0.05) is 12.4 Å². The van der Waals surface area contributed by atoms with Crippen molar-refractivity contribution in [2.45, 2.75) is 168 Å². The molecule has 310 valence electrons. The Bertz CT molecular complexity index is 1360. The molecule has 0 N–H and O–H groups in total. The Kier molecular flexibility index (Phi) is 26.0. The zero-order valence-corrected chi connectivity index (χ0v) is 35.8. The number of nitrogens with zero attached hydrogens (tertiary/aromatic N) is 2. The van der Waals surface area contributed by atoms with Gasteiger partial charge in [0.25, 0.3) is 0 Å². The van der Waals surface area contributed by atoms with Gasteiger partial charge < -0.3 is 18.9 Å². The molecular weight excluding hydrogens is 693 g/mol. The Balaban J connectivity index is 1.33.